The van der Waals surface area contributed by atoms with Gasteiger partial charge in [-0.1, -0.05) is 6.92 Å². The molecule has 0 aliphatic carbocycles. The minimum atomic E-state index is -0.364. The summed E-state index contributed by atoms with van der Waals surface area (Å²) in [6.45, 7) is 5.04. The average Bonchev–Trinajstić information content (AvgIpc) is 2.78. The fourth-order valence-electron chi connectivity index (χ4n) is 1.35. The number of rotatable bonds is 6. The highest BCUT2D eigenvalue weighted by Crippen LogP contribution is 2.14. The first kappa shape index (κ1) is 14.5. The summed E-state index contributed by atoms with van der Waals surface area (Å²) in [6.07, 6.45) is 2.45. The minimum absolute atomic E-state index is 0.159. The molecule has 1 aromatic rings. The quantitative estimate of drug-likeness (QED) is 0.765. The Morgan fingerprint density at radius 2 is 2.17 bits per heavy atom. The molecule has 0 fully saturated rings. The smallest absolute Gasteiger partial charge is 0.273 e. The van der Waals surface area contributed by atoms with Gasteiger partial charge in [-0.05, 0) is 13.3 Å². The third-order valence-corrected chi connectivity index (χ3v) is 2.47. The van der Waals surface area contributed by atoms with Gasteiger partial charge in [0.15, 0.2) is 5.69 Å². The van der Waals surface area contributed by atoms with Gasteiger partial charge in [0.05, 0.1) is 5.69 Å². The lowest BCUT2D eigenvalue weighted by Gasteiger charge is -2.03. The molecule has 0 aliphatic heterocycles. The Kier molecular flexibility index (Phi) is 5.64. The molecule has 1 aromatic heterocycles. The third kappa shape index (κ3) is 3.73. The number of halogens is 1. The predicted molar refractivity (Wildman–Crippen MR) is 69.9 cm³/mol. The molecule has 0 aromatic carbocycles. The lowest BCUT2D eigenvalue weighted by molar-refractivity contribution is -0.113. The maximum absolute atomic E-state index is 11.9. The summed E-state index contributed by atoms with van der Waals surface area (Å²) < 4.78 is 1.59. The molecule has 0 bridgehead atoms. The highest BCUT2D eigenvalue weighted by Gasteiger charge is 2.17. The van der Waals surface area contributed by atoms with Crippen LogP contribution in [0, 0.1) is 0 Å². The second kappa shape index (κ2) is 7.00. The summed E-state index contributed by atoms with van der Waals surface area (Å²) in [5.74, 6) is -0.821. The molecule has 2 N–H and O–H groups in total. The Hall–Kier alpha value is -1.56. The molecular weight excluding hydrogens is 256 g/mol. The molecule has 0 saturated carbocycles. The molecule has 0 saturated heterocycles. The number of anilines is 1. The number of alkyl halides is 1. The topological polar surface area (TPSA) is 76.0 Å². The first-order valence-electron chi connectivity index (χ1n) is 5.83. The van der Waals surface area contributed by atoms with E-state index in [1.165, 1.54) is 0 Å². The number of aromatic nitrogens is 2. The molecule has 0 radical (unpaired) electrons. The van der Waals surface area contributed by atoms with E-state index < -0.39 is 0 Å². The number of nitrogens with zero attached hydrogens (tertiary/aromatic N) is 2. The highest BCUT2D eigenvalue weighted by atomic mass is 35.5. The van der Waals surface area contributed by atoms with E-state index in [0.29, 0.717) is 18.8 Å². The van der Waals surface area contributed by atoms with Crippen LogP contribution in [0.25, 0.3) is 0 Å². The summed E-state index contributed by atoms with van der Waals surface area (Å²) in [6, 6.07) is 0. The maximum Gasteiger partial charge on any atom is 0.273 e. The molecular formula is C11H17ClN4O2. The lowest BCUT2D eigenvalue weighted by atomic mass is 10.3. The van der Waals surface area contributed by atoms with Gasteiger partial charge in [-0.2, -0.15) is 5.10 Å². The van der Waals surface area contributed by atoms with E-state index in [0.717, 1.165) is 6.42 Å². The van der Waals surface area contributed by atoms with E-state index in [2.05, 4.69) is 15.7 Å². The van der Waals surface area contributed by atoms with Crippen LogP contribution >= 0.6 is 11.6 Å². The van der Waals surface area contributed by atoms with Gasteiger partial charge >= 0.3 is 0 Å². The number of hydrogen-bond acceptors (Lipinski definition) is 3. The van der Waals surface area contributed by atoms with E-state index in [4.69, 9.17) is 11.6 Å². The van der Waals surface area contributed by atoms with E-state index >= 15 is 0 Å². The first-order valence-corrected chi connectivity index (χ1v) is 6.37. The molecule has 18 heavy (non-hydrogen) atoms. The molecule has 100 valence electrons. The van der Waals surface area contributed by atoms with Gasteiger partial charge in [0.1, 0.15) is 5.88 Å². The monoisotopic (exact) mass is 272 g/mol. The normalized spacial score (nSPS) is 10.2. The lowest BCUT2D eigenvalue weighted by Crippen LogP contribution is -2.26. The largest absolute Gasteiger partial charge is 0.351 e. The SMILES string of the molecule is CCCNC(=O)c1nn(CC)cc1NC(=O)CCl. The average molecular weight is 273 g/mol. The van der Waals surface area contributed by atoms with Crippen molar-refractivity contribution in [1.29, 1.82) is 0 Å². The van der Waals surface area contributed by atoms with Gasteiger partial charge in [0, 0.05) is 19.3 Å². The van der Waals surface area contributed by atoms with Gasteiger partial charge in [0.25, 0.3) is 5.91 Å². The van der Waals surface area contributed by atoms with Crippen LogP contribution in [0.3, 0.4) is 0 Å². The van der Waals surface area contributed by atoms with Crippen molar-refractivity contribution in [3.8, 4) is 0 Å². The second-order valence-electron chi connectivity index (χ2n) is 3.68. The molecule has 0 aliphatic rings. The zero-order valence-electron chi connectivity index (χ0n) is 10.5. The third-order valence-electron chi connectivity index (χ3n) is 2.23. The fraction of sp³-hybridized carbons (Fsp3) is 0.545. The first-order chi connectivity index (χ1) is 8.62. The van der Waals surface area contributed by atoms with Crippen molar-refractivity contribution in [1.82, 2.24) is 15.1 Å². The summed E-state index contributed by atoms with van der Waals surface area (Å²) in [4.78, 5) is 23.1. The van der Waals surface area contributed by atoms with Gasteiger partial charge < -0.3 is 10.6 Å². The molecule has 2 amide bonds. The van der Waals surface area contributed by atoms with Gasteiger partial charge in [-0.3, -0.25) is 14.3 Å². The Labute approximate surface area is 111 Å². The van der Waals surface area contributed by atoms with E-state index in [9.17, 15) is 9.59 Å². The zero-order valence-corrected chi connectivity index (χ0v) is 11.3. The number of nitrogens with one attached hydrogen (secondary N) is 2. The molecule has 0 spiro atoms. The van der Waals surface area contributed by atoms with Gasteiger partial charge in [-0.15, -0.1) is 11.6 Å². The van der Waals surface area contributed by atoms with Crippen molar-refractivity contribution in [2.75, 3.05) is 17.7 Å². The van der Waals surface area contributed by atoms with Crippen LogP contribution in [0.5, 0.6) is 0 Å². The Balaban J connectivity index is 2.90. The zero-order chi connectivity index (χ0) is 13.5. The standard InChI is InChI=1S/C11H17ClN4O2/c1-3-5-13-11(18)10-8(14-9(17)6-12)7-16(4-2)15-10/h7H,3-6H2,1-2H3,(H,13,18)(H,14,17). The van der Waals surface area contributed by atoms with Crippen LogP contribution in [-0.2, 0) is 11.3 Å². The molecule has 7 heteroatoms. The minimum Gasteiger partial charge on any atom is -0.351 e. The van der Waals surface area contributed by atoms with Crippen LogP contribution in [0.1, 0.15) is 30.8 Å². The Morgan fingerprint density at radius 3 is 2.72 bits per heavy atom. The van der Waals surface area contributed by atoms with Crippen LogP contribution in [-0.4, -0.2) is 34.0 Å². The number of hydrogen-bond donors (Lipinski definition) is 2. The summed E-state index contributed by atoms with van der Waals surface area (Å²) in [7, 11) is 0. The maximum atomic E-state index is 11.9. The number of carbonyl (C=O) groups is 2. The van der Waals surface area contributed by atoms with Crippen LogP contribution in [0.2, 0.25) is 0 Å². The fourth-order valence-corrected chi connectivity index (χ4v) is 1.42. The summed E-state index contributed by atoms with van der Waals surface area (Å²) in [5.41, 5.74) is 0.597. The van der Waals surface area contributed by atoms with E-state index in [-0.39, 0.29) is 23.4 Å². The van der Waals surface area contributed by atoms with Crippen molar-refractivity contribution in [2.24, 2.45) is 0 Å². The summed E-state index contributed by atoms with van der Waals surface area (Å²) in [5, 5.41) is 9.39. The molecule has 0 atom stereocenters. The highest BCUT2D eigenvalue weighted by molar-refractivity contribution is 6.29. The predicted octanol–water partition coefficient (Wildman–Crippen LogP) is 1.22. The Bertz CT molecular complexity index is 431. The molecule has 0 unspecified atom stereocenters. The summed E-state index contributed by atoms with van der Waals surface area (Å²) >= 11 is 5.42. The van der Waals surface area contributed by atoms with Crippen LogP contribution < -0.4 is 10.6 Å². The van der Waals surface area contributed by atoms with E-state index in [1.54, 1.807) is 10.9 Å². The number of amides is 2. The van der Waals surface area contributed by atoms with Crippen molar-refractivity contribution < 1.29 is 9.59 Å². The number of carbonyl (C=O) groups excluding carboxylic acids is 2. The van der Waals surface area contributed by atoms with Crippen molar-refractivity contribution in [3.63, 3.8) is 0 Å². The number of aryl methyl sites for hydroxylation is 1. The Morgan fingerprint density at radius 1 is 1.44 bits per heavy atom. The molecule has 1 heterocycles. The van der Waals surface area contributed by atoms with Crippen molar-refractivity contribution in [2.45, 2.75) is 26.8 Å². The van der Waals surface area contributed by atoms with E-state index in [1.807, 2.05) is 13.8 Å². The van der Waals surface area contributed by atoms with Crippen LogP contribution in [0.4, 0.5) is 5.69 Å². The van der Waals surface area contributed by atoms with Crippen molar-refractivity contribution >= 4 is 29.1 Å². The van der Waals surface area contributed by atoms with Crippen LogP contribution in [0.15, 0.2) is 6.20 Å². The molecule has 1 rings (SSSR count). The second-order valence-corrected chi connectivity index (χ2v) is 3.95. The van der Waals surface area contributed by atoms with Gasteiger partial charge in [-0.25, -0.2) is 0 Å². The molecule has 6 nitrogen and oxygen atoms in total. The van der Waals surface area contributed by atoms with Gasteiger partial charge in [0.2, 0.25) is 5.91 Å². The van der Waals surface area contributed by atoms with Crippen molar-refractivity contribution in [3.05, 3.63) is 11.9 Å².